The lowest BCUT2D eigenvalue weighted by atomic mass is 10.1. The average molecular weight is 267 g/mol. The van der Waals surface area contributed by atoms with Crippen LogP contribution < -0.4 is 0 Å². The summed E-state index contributed by atoms with van der Waals surface area (Å²) in [7, 11) is 0. The molecular weight excluding hydrogens is 260 g/mol. The Morgan fingerprint density at radius 1 is 1.33 bits per heavy atom. The summed E-state index contributed by atoms with van der Waals surface area (Å²) < 4.78 is -1.98. The van der Waals surface area contributed by atoms with Crippen LogP contribution in [0.2, 0.25) is 0 Å². The zero-order chi connectivity index (χ0) is 11.5. The number of pyridine rings is 1. The van der Waals surface area contributed by atoms with Crippen LogP contribution in [0.4, 0.5) is 0 Å². The molecule has 0 radical (unpaired) electrons. The monoisotopic (exact) mass is 265 g/mol. The largest absolute Gasteiger partial charge is 0.508 e. The van der Waals surface area contributed by atoms with E-state index in [2.05, 4.69) is 4.98 Å². The highest BCUT2D eigenvalue weighted by atomic mass is 35.6. The molecule has 0 atom stereocenters. The summed E-state index contributed by atoms with van der Waals surface area (Å²) in [6.45, 7) is 0. The highest BCUT2D eigenvalue weighted by Gasteiger charge is 2.26. The minimum absolute atomic E-state index is 0.353. The number of aliphatic hydroxyl groups excluding tert-OH is 1. The van der Waals surface area contributed by atoms with E-state index in [-0.39, 0.29) is 0 Å². The van der Waals surface area contributed by atoms with Gasteiger partial charge in [0.05, 0.1) is 0 Å². The Kier molecular flexibility index (Phi) is 3.97. The van der Waals surface area contributed by atoms with E-state index in [1.807, 2.05) is 0 Å². The van der Waals surface area contributed by atoms with Crippen LogP contribution in [-0.4, -0.2) is 19.7 Å². The van der Waals surface area contributed by atoms with Crippen LogP contribution in [0, 0.1) is 0 Å². The zero-order valence-corrected chi connectivity index (χ0v) is 9.59. The molecule has 15 heavy (non-hydrogen) atoms. The topological polar surface area (TPSA) is 50.2 Å². The Morgan fingerprint density at radius 2 is 1.87 bits per heavy atom. The SMILES string of the molecule is O=C(/C=C(\O)C(Cl)(Cl)Cl)c1ccncc1. The first-order valence-corrected chi connectivity index (χ1v) is 4.97. The number of nitrogens with zero attached hydrogens (tertiary/aromatic N) is 1. The van der Waals surface area contributed by atoms with Crippen LogP contribution in [0.25, 0.3) is 0 Å². The number of hydrogen-bond acceptors (Lipinski definition) is 3. The quantitative estimate of drug-likeness (QED) is 0.387. The van der Waals surface area contributed by atoms with Crippen molar-refractivity contribution in [2.45, 2.75) is 3.79 Å². The van der Waals surface area contributed by atoms with Crippen LogP contribution in [-0.2, 0) is 0 Å². The van der Waals surface area contributed by atoms with E-state index in [0.717, 1.165) is 6.08 Å². The highest BCUT2D eigenvalue weighted by Crippen LogP contribution is 2.32. The van der Waals surface area contributed by atoms with Gasteiger partial charge in [-0.2, -0.15) is 0 Å². The van der Waals surface area contributed by atoms with Crippen molar-refractivity contribution in [1.82, 2.24) is 4.98 Å². The maximum Gasteiger partial charge on any atom is 0.247 e. The minimum Gasteiger partial charge on any atom is -0.508 e. The molecule has 0 aliphatic carbocycles. The normalized spacial score (nSPS) is 12.6. The van der Waals surface area contributed by atoms with Crippen LogP contribution in [0.5, 0.6) is 0 Å². The van der Waals surface area contributed by atoms with Gasteiger partial charge < -0.3 is 5.11 Å². The zero-order valence-electron chi connectivity index (χ0n) is 7.32. The van der Waals surface area contributed by atoms with Crippen molar-refractivity contribution in [3.63, 3.8) is 0 Å². The van der Waals surface area contributed by atoms with Gasteiger partial charge in [-0.15, -0.1) is 0 Å². The van der Waals surface area contributed by atoms with Crippen molar-refractivity contribution >= 4 is 40.6 Å². The van der Waals surface area contributed by atoms with Gasteiger partial charge in [0.2, 0.25) is 3.79 Å². The fourth-order valence-corrected chi connectivity index (χ4v) is 0.969. The minimum atomic E-state index is -1.98. The third kappa shape index (κ3) is 3.70. The van der Waals surface area contributed by atoms with Crippen LogP contribution in [0.1, 0.15) is 10.4 Å². The second kappa shape index (κ2) is 4.84. The van der Waals surface area contributed by atoms with Crippen molar-refractivity contribution < 1.29 is 9.90 Å². The van der Waals surface area contributed by atoms with E-state index in [9.17, 15) is 9.90 Å². The summed E-state index contributed by atoms with van der Waals surface area (Å²) in [4.78, 5) is 15.2. The lowest BCUT2D eigenvalue weighted by Gasteiger charge is -2.08. The van der Waals surface area contributed by atoms with E-state index in [4.69, 9.17) is 34.8 Å². The Bertz CT molecular complexity index is 384. The molecular formula is C9H6Cl3NO2. The molecule has 0 spiro atoms. The summed E-state index contributed by atoms with van der Waals surface area (Å²) in [5.74, 6) is -1.07. The Morgan fingerprint density at radius 3 is 2.33 bits per heavy atom. The van der Waals surface area contributed by atoms with Gasteiger partial charge in [-0.05, 0) is 12.1 Å². The molecule has 1 rings (SSSR count). The number of hydrogen-bond donors (Lipinski definition) is 1. The number of halogens is 3. The number of alkyl halides is 3. The summed E-state index contributed by atoms with van der Waals surface area (Å²) >= 11 is 16.1. The third-order valence-corrected chi connectivity index (χ3v) is 2.10. The van der Waals surface area contributed by atoms with Crippen LogP contribution in [0.15, 0.2) is 36.4 Å². The van der Waals surface area contributed by atoms with Gasteiger partial charge in [-0.1, -0.05) is 34.8 Å². The fourth-order valence-electron chi connectivity index (χ4n) is 0.806. The van der Waals surface area contributed by atoms with Gasteiger partial charge in [0.15, 0.2) is 5.78 Å². The van der Waals surface area contributed by atoms with Gasteiger partial charge in [0.25, 0.3) is 0 Å². The molecule has 6 heteroatoms. The molecule has 0 unspecified atom stereocenters. The fraction of sp³-hybridized carbons (Fsp3) is 0.111. The van der Waals surface area contributed by atoms with Gasteiger partial charge in [-0.25, -0.2) is 0 Å². The molecule has 1 aromatic rings. The molecule has 0 aliphatic heterocycles. The van der Waals surface area contributed by atoms with Crippen molar-refractivity contribution in [3.05, 3.63) is 41.9 Å². The lowest BCUT2D eigenvalue weighted by molar-refractivity contribution is 0.104. The average Bonchev–Trinajstić information content (AvgIpc) is 2.17. The number of aliphatic hydroxyl groups is 1. The smallest absolute Gasteiger partial charge is 0.247 e. The van der Waals surface area contributed by atoms with E-state index in [1.54, 1.807) is 0 Å². The van der Waals surface area contributed by atoms with E-state index < -0.39 is 15.3 Å². The molecule has 1 aromatic heterocycles. The number of allylic oxidation sites excluding steroid dienone is 2. The third-order valence-electron chi connectivity index (χ3n) is 1.52. The summed E-state index contributed by atoms with van der Waals surface area (Å²) in [5.41, 5.74) is 0.353. The molecule has 1 heterocycles. The first kappa shape index (κ1) is 12.3. The number of ketones is 1. The van der Waals surface area contributed by atoms with Gasteiger partial charge in [0.1, 0.15) is 5.76 Å². The van der Waals surface area contributed by atoms with E-state index in [1.165, 1.54) is 24.5 Å². The predicted molar refractivity (Wildman–Crippen MR) is 59.6 cm³/mol. The standard InChI is InChI=1S/C9H6Cl3NO2/c10-9(11,12)8(15)5-7(14)6-1-3-13-4-2-6/h1-5,15H/b8-5-. The van der Waals surface area contributed by atoms with Crippen molar-refractivity contribution in [2.75, 3.05) is 0 Å². The molecule has 80 valence electrons. The molecule has 3 nitrogen and oxygen atoms in total. The van der Waals surface area contributed by atoms with Crippen LogP contribution in [0.3, 0.4) is 0 Å². The molecule has 0 fully saturated rings. The van der Waals surface area contributed by atoms with Crippen molar-refractivity contribution in [2.24, 2.45) is 0 Å². The Balaban J connectivity index is 2.90. The Labute approximate surface area is 101 Å². The number of carbonyl (C=O) groups is 1. The molecule has 0 aromatic carbocycles. The Hall–Kier alpha value is -0.770. The van der Waals surface area contributed by atoms with E-state index >= 15 is 0 Å². The van der Waals surface area contributed by atoms with Gasteiger partial charge in [-0.3, -0.25) is 9.78 Å². The summed E-state index contributed by atoms with van der Waals surface area (Å²) in [5, 5.41) is 9.25. The second-order valence-corrected chi connectivity index (χ2v) is 4.91. The number of rotatable bonds is 2. The van der Waals surface area contributed by atoms with E-state index in [0.29, 0.717) is 5.56 Å². The molecule has 0 saturated heterocycles. The van der Waals surface area contributed by atoms with Gasteiger partial charge in [0, 0.05) is 24.0 Å². The predicted octanol–water partition coefficient (Wildman–Crippen LogP) is 3.08. The van der Waals surface area contributed by atoms with Crippen molar-refractivity contribution in [1.29, 1.82) is 0 Å². The van der Waals surface area contributed by atoms with Crippen LogP contribution >= 0.6 is 34.8 Å². The first-order chi connectivity index (χ1) is 6.91. The highest BCUT2D eigenvalue weighted by molar-refractivity contribution is 6.69. The summed E-state index contributed by atoms with van der Waals surface area (Å²) in [6.07, 6.45) is 3.77. The molecule has 0 aliphatic rings. The molecule has 0 amide bonds. The lowest BCUT2D eigenvalue weighted by Crippen LogP contribution is -2.09. The van der Waals surface area contributed by atoms with Gasteiger partial charge >= 0.3 is 0 Å². The number of aromatic nitrogens is 1. The molecule has 1 N–H and O–H groups in total. The van der Waals surface area contributed by atoms with Crippen molar-refractivity contribution in [3.8, 4) is 0 Å². The maximum absolute atomic E-state index is 11.5. The maximum atomic E-state index is 11.5. The first-order valence-electron chi connectivity index (χ1n) is 3.83. The number of carbonyl (C=O) groups excluding carboxylic acids is 1. The second-order valence-electron chi connectivity index (χ2n) is 2.63. The molecule has 0 bridgehead atoms. The molecule has 0 saturated carbocycles. The summed E-state index contributed by atoms with van der Waals surface area (Å²) in [6, 6.07) is 2.98.